The molecule has 0 aromatic carbocycles. The van der Waals surface area contributed by atoms with E-state index in [0.717, 1.165) is 26.8 Å². The van der Waals surface area contributed by atoms with Crippen molar-refractivity contribution in [3.63, 3.8) is 0 Å². The van der Waals surface area contributed by atoms with Gasteiger partial charge < -0.3 is 4.18 Å². The molecule has 0 saturated carbocycles. The van der Waals surface area contributed by atoms with Crippen molar-refractivity contribution in [1.29, 1.82) is 0 Å². The fourth-order valence-corrected chi connectivity index (χ4v) is 3.17. The summed E-state index contributed by atoms with van der Waals surface area (Å²) >= 11 is 0.892. The van der Waals surface area contributed by atoms with Crippen molar-refractivity contribution >= 4 is 45.5 Å². The first-order chi connectivity index (χ1) is 9.63. The first-order valence-corrected chi connectivity index (χ1v) is 8.05. The normalized spacial score (nSPS) is 14.8. The number of nitrogens with zero attached hydrogens (tertiary/aromatic N) is 2. The second-order valence-electron chi connectivity index (χ2n) is 3.91. The molecule has 6 nitrogen and oxygen atoms in total. The average Bonchev–Trinajstić information content (AvgIpc) is 2.78. The summed E-state index contributed by atoms with van der Waals surface area (Å²) in [6.45, 7) is 1.70. The van der Waals surface area contributed by atoms with Gasteiger partial charge in [0.1, 0.15) is 11.1 Å². The van der Waals surface area contributed by atoms with Gasteiger partial charge >= 0.3 is 5.97 Å². The highest BCUT2D eigenvalue weighted by Crippen LogP contribution is 2.38. The fraction of sp³-hybridized carbons (Fsp3) is 0.333. The molecule has 2 amide bonds. The van der Waals surface area contributed by atoms with E-state index in [9.17, 15) is 14.4 Å². The molecule has 0 atom stereocenters. The number of imide groups is 1. The molecule has 1 saturated heterocycles. The number of pyridine rings is 1. The van der Waals surface area contributed by atoms with Crippen molar-refractivity contribution in [3.8, 4) is 0 Å². The number of anilines is 1. The molecular weight excluding hydrogens is 300 g/mol. The molecule has 106 valence electrons. The third-order valence-electron chi connectivity index (χ3n) is 2.55. The van der Waals surface area contributed by atoms with Crippen molar-refractivity contribution in [1.82, 2.24) is 4.98 Å². The van der Waals surface area contributed by atoms with Crippen LogP contribution in [0.15, 0.2) is 23.2 Å². The van der Waals surface area contributed by atoms with Gasteiger partial charge in [0, 0.05) is 25.5 Å². The molecule has 2 heterocycles. The van der Waals surface area contributed by atoms with Crippen LogP contribution in [0.3, 0.4) is 0 Å². The van der Waals surface area contributed by atoms with E-state index in [-0.39, 0.29) is 37.0 Å². The summed E-state index contributed by atoms with van der Waals surface area (Å²) in [4.78, 5) is 40.3. The Morgan fingerprint density at radius 1 is 1.40 bits per heavy atom. The SMILES string of the molecule is CCC(=O)OSSc1cccnc1N1C(=O)CCC1=O. The standard InChI is InChI=1S/C12H12N2O4S2/c1-2-11(17)18-20-19-8-4-3-7-13-12(8)14-9(15)5-6-10(14)16/h3-4,7H,2,5-6H2,1H3. The van der Waals surface area contributed by atoms with Gasteiger partial charge in [-0.3, -0.25) is 14.4 Å². The first-order valence-electron chi connectivity index (χ1n) is 5.98. The fourth-order valence-electron chi connectivity index (χ4n) is 1.58. The summed E-state index contributed by atoms with van der Waals surface area (Å²) in [5.74, 6) is -0.552. The topological polar surface area (TPSA) is 76.6 Å². The number of rotatable bonds is 5. The number of hydrogen-bond donors (Lipinski definition) is 0. The number of amides is 2. The van der Waals surface area contributed by atoms with Crippen LogP contribution in [0.2, 0.25) is 0 Å². The Morgan fingerprint density at radius 2 is 2.10 bits per heavy atom. The lowest BCUT2D eigenvalue weighted by molar-refractivity contribution is -0.132. The van der Waals surface area contributed by atoms with Gasteiger partial charge in [-0.1, -0.05) is 6.92 Å². The molecule has 0 unspecified atom stereocenters. The van der Waals surface area contributed by atoms with Gasteiger partial charge in [-0.05, 0) is 22.9 Å². The molecule has 1 aliphatic rings. The minimum Gasteiger partial charge on any atom is -0.379 e. The maximum atomic E-state index is 11.7. The predicted octanol–water partition coefficient (Wildman–Crippen LogP) is 2.34. The van der Waals surface area contributed by atoms with Gasteiger partial charge in [-0.2, -0.15) is 0 Å². The maximum absolute atomic E-state index is 11.7. The Labute approximate surface area is 123 Å². The van der Waals surface area contributed by atoms with Gasteiger partial charge in [0.2, 0.25) is 11.8 Å². The number of hydrogen-bond acceptors (Lipinski definition) is 7. The van der Waals surface area contributed by atoms with Gasteiger partial charge in [0.05, 0.1) is 4.90 Å². The highest BCUT2D eigenvalue weighted by molar-refractivity contribution is 8.75. The Balaban J connectivity index is 2.12. The van der Waals surface area contributed by atoms with Crippen LogP contribution in [-0.4, -0.2) is 22.8 Å². The van der Waals surface area contributed by atoms with E-state index in [1.54, 1.807) is 19.1 Å². The molecule has 0 N–H and O–H groups in total. The molecule has 1 fully saturated rings. The summed E-state index contributed by atoms with van der Waals surface area (Å²) in [7, 11) is 1.15. The van der Waals surface area contributed by atoms with Crippen LogP contribution >= 0.6 is 21.9 Å². The van der Waals surface area contributed by atoms with Crippen molar-refractivity contribution in [2.75, 3.05) is 4.90 Å². The number of carbonyl (C=O) groups excluding carboxylic acids is 3. The molecule has 0 radical (unpaired) electrons. The van der Waals surface area contributed by atoms with Crippen LogP contribution in [0.4, 0.5) is 5.82 Å². The van der Waals surface area contributed by atoms with Crippen LogP contribution in [0.25, 0.3) is 0 Å². The maximum Gasteiger partial charge on any atom is 0.318 e. The zero-order valence-corrected chi connectivity index (χ0v) is 12.3. The highest BCUT2D eigenvalue weighted by atomic mass is 33.1. The second kappa shape index (κ2) is 6.76. The van der Waals surface area contributed by atoms with Gasteiger partial charge in [-0.25, -0.2) is 9.88 Å². The summed E-state index contributed by atoms with van der Waals surface area (Å²) in [6.07, 6.45) is 2.21. The Kier molecular flexibility index (Phi) is 5.02. The second-order valence-corrected chi connectivity index (χ2v) is 5.73. The van der Waals surface area contributed by atoms with E-state index >= 15 is 0 Å². The molecule has 0 spiro atoms. The average molecular weight is 312 g/mol. The monoisotopic (exact) mass is 312 g/mol. The van der Waals surface area contributed by atoms with Crippen LogP contribution in [0.5, 0.6) is 0 Å². The molecule has 1 aromatic rings. The third-order valence-corrected chi connectivity index (χ3v) is 4.32. The quantitative estimate of drug-likeness (QED) is 0.469. The van der Waals surface area contributed by atoms with Crippen molar-refractivity contribution in [2.24, 2.45) is 0 Å². The Bertz CT molecular complexity index is 534. The zero-order valence-electron chi connectivity index (χ0n) is 10.7. The molecule has 20 heavy (non-hydrogen) atoms. The Morgan fingerprint density at radius 3 is 2.75 bits per heavy atom. The number of aromatic nitrogens is 1. The minimum atomic E-state index is -0.332. The van der Waals surface area contributed by atoms with Crippen LogP contribution in [-0.2, 0) is 18.6 Å². The first kappa shape index (κ1) is 14.9. The van der Waals surface area contributed by atoms with Crippen LogP contribution in [0.1, 0.15) is 26.2 Å². The molecular formula is C12H12N2O4S2. The summed E-state index contributed by atoms with van der Waals surface area (Å²) in [5, 5.41) is 0. The van der Waals surface area contributed by atoms with Gasteiger partial charge in [0.25, 0.3) is 0 Å². The van der Waals surface area contributed by atoms with E-state index in [1.807, 2.05) is 0 Å². The molecule has 0 bridgehead atoms. The van der Waals surface area contributed by atoms with Crippen molar-refractivity contribution in [2.45, 2.75) is 31.1 Å². The van der Waals surface area contributed by atoms with Crippen LogP contribution in [0, 0.1) is 0 Å². The smallest absolute Gasteiger partial charge is 0.318 e. The van der Waals surface area contributed by atoms with E-state index in [0.29, 0.717) is 10.7 Å². The summed E-state index contributed by atoms with van der Waals surface area (Å²) in [5.41, 5.74) is 0. The number of carbonyl (C=O) groups is 3. The van der Waals surface area contributed by atoms with E-state index in [2.05, 4.69) is 4.98 Å². The lowest BCUT2D eigenvalue weighted by Crippen LogP contribution is -2.29. The molecule has 8 heteroatoms. The van der Waals surface area contributed by atoms with E-state index < -0.39 is 0 Å². The molecule has 1 aromatic heterocycles. The van der Waals surface area contributed by atoms with E-state index in [1.165, 1.54) is 6.20 Å². The Hall–Kier alpha value is -1.54. The third kappa shape index (κ3) is 3.31. The highest BCUT2D eigenvalue weighted by Gasteiger charge is 2.33. The largest absolute Gasteiger partial charge is 0.379 e. The summed E-state index contributed by atoms with van der Waals surface area (Å²) in [6, 6.07) is 3.41. The minimum absolute atomic E-state index is 0.206. The van der Waals surface area contributed by atoms with E-state index in [4.69, 9.17) is 4.18 Å². The molecule has 2 rings (SSSR count). The lowest BCUT2D eigenvalue weighted by Gasteiger charge is -2.15. The molecule has 1 aliphatic heterocycles. The zero-order chi connectivity index (χ0) is 14.5. The molecule has 0 aliphatic carbocycles. The lowest BCUT2D eigenvalue weighted by atomic mass is 10.4. The van der Waals surface area contributed by atoms with Crippen molar-refractivity contribution in [3.05, 3.63) is 18.3 Å². The van der Waals surface area contributed by atoms with Crippen molar-refractivity contribution < 1.29 is 18.6 Å². The van der Waals surface area contributed by atoms with Gasteiger partial charge in [0.15, 0.2) is 5.82 Å². The van der Waals surface area contributed by atoms with Crippen LogP contribution < -0.4 is 4.90 Å². The summed E-state index contributed by atoms with van der Waals surface area (Å²) < 4.78 is 4.89. The predicted molar refractivity (Wildman–Crippen MR) is 75.8 cm³/mol. The van der Waals surface area contributed by atoms with Gasteiger partial charge in [-0.15, -0.1) is 0 Å².